The Labute approximate surface area is 116 Å². The molecule has 0 bridgehead atoms. The highest BCUT2D eigenvalue weighted by Gasteiger charge is 2.24. The fraction of sp³-hybridized carbons (Fsp3) is 0.333. The molecule has 1 fully saturated rings. The normalized spacial score (nSPS) is 14.4. The van der Waals surface area contributed by atoms with E-state index in [1.165, 1.54) is 24.2 Å². The summed E-state index contributed by atoms with van der Waals surface area (Å²) >= 11 is 1.48. The van der Waals surface area contributed by atoms with E-state index in [0.29, 0.717) is 4.88 Å². The number of hydrogen-bond acceptors (Lipinski definition) is 4. The molecule has 0 aliphatic heterocycles. The molecular formula is C15H16N2OS. The zero-order chi connectivity index (χ0) is 13.2. The van der Waals surface area contributed by atoms with Crippen molar-refractivity contribution < 1.29 is 4.79 Å². The summed E-state index contributed by atoms with van der Waals surface area (Å²) in [7, 11) is 2.06. The molecule has 3 nitrogen and oxygen atoms in total. The zero-order valence-electron chi connectivity index (χ0n) is 10.9. The number of nitrogens with zero attached hydrogens (tertiary/aromatic N) is 2. The van der Waals surface area contributed by atoms with Gasteiger partial charge in [-0.25, -0.2) is 4.98 Å². The maximum Gasteiger partial charge on any atom is 0.186 e. The molecule has 1 aromatic carbocycles. The summed E-state index contributed by atoms with van der Waals surface area (Å²) in [6.45, 7) is 1.04. The van der Waals surface area contributed by atoms with Crippen molar-refractivity contribution in [3.05, 3.63) is 35.2 Å². The molecule has 1 saturated carbocycles. The molecule has 4 heteroatoms. The molecule has 1 heterocycles. The molecule has 98 valence electrons. The maximum absolute atomic E-state index is 11.2. The summed E-state index contributed by atoms with van der Waals surface area (Å²) in [5, 5.41) is 0.938. The number of aldehydes is 1. The molecule has 0 N–H and O–H groups in total. The zero-order valence-corrected chi connectivity index (χ0v) is 11.7. The SMILES string of the molecule is CN(CC1CC1)c1nc(-c2ccccc2)c(C=O)s1. The predicted octanol–water partition coefficient (Wildman–Crippen LogP) is 3.47. The first-order chi connectivity index (χ1) is 9.28. The number of carbonyl (C=O) groups is 1. The largest absolute Gasteiger partial charge is 0.351 e. The van der Waals surface area contributed by atoms with Gasteiger partial charge in [-0.1, -0.05) is 41.7 Å². The second kappa shape index (κ2) is 5.13. The van der Waals surface area contributed by atoms with Crippen LogP contribution >= 0.6 is 11.3 Å². The lowest BCUT2D eigenvalue weighted by atomic mass is 10.1. The van der Waals surface area contributed by atoms with Crippen LogP contribution in [0.25, 0.3) is 11.3 Å². The number of anilines is 1. The van der Waals surface area contributed by atoms with Crippen LogP contribution in [0.2, 0.25) is 0 Å². The standard InChI is InChI=1S/C15H16N2OS/c1-17(9-11-7-8-11)15-16-14(13(10-18)19-15)12-5-3-2-4-6-12/h2-6,10-11H,7-9H2,1H3. The van der Waals surface area contributed by atoms with Crippen molar-refractivity contribution >= 4 is 22.8 Å². The topological polar surface area (TPSA) is 33.2 Å². The molecule has 1 aromatic heterocycles. The first kappa shape index (κ1) is 12.4. The fourth-order valence-electron chi connectivity index (χ4n) is 2.13. The van der Waals surface area contributed by atoms with Gasteiger partial charge in [-0.2, -0.15) is 0 Å². The van der Waals surface area contributed by atoms with Crippen molar-refractivity contribution in [3.8, 4) is 11.3 Å². The lowest BCUT2D eigenvalue weighted by molar-refractivity contribution is 0.112. The maximum atomic E-state index is 11.2. The molecule has 1 aliphatic carbocycles. The Hall–Kier alpha value is -1.68. The third-order valence-electron chi connectivity index (χ3n) is 3.35. The third kappa shape index (κ3) is 2.68. The highest BCUT2D eigenvalue weighted by atomic mass is 32.1. The van der Waals surface area contributed by atoms with Gasteiger partial charge in [-0.05, 0) is 18.8 Å². The molecule has 3 rings (SSSR count). The second-order valence-corrected chi connectivity index (χ2v) is 6.03. The van der Waals surface area contributed by atoms with E-state index in [4.69, 9.17) is 0 Å². The van der Waals surface area contributed by atoms with Gasteiger partial charge in [0.05, 0.1) is 10.6 Å². The molecule has 19 heavy (non-hydrogen) atoms. The fourth-order valence-corrected chi connectivity index (χ4v) is 3.00. The monoisotopic (exact) mass is 272 g/mol. The van der Waals surface area contributed by atoms with Crippen LogP contribution < -0.4 is 4.90 Å². The van der Waals surface area contributed by atoms with E-state index in [9.17, 15) is 4.79 Å². The van der Waals surface area contributed by atoms with Gasteiger partial charge >= 0.3 is 0 Å². The van der Waals surface area contributed by atoms with Gasteiger partial charge in [-0.15, -0.1) is 0 Å². The van der Waals surface area contributed by atoms with Crippen LogP contribution in [0.1, 0.15) is 22.5 Å². The van der Waals surface area contributed by atoms with Gasteiger partial charge in [0.15, 0.2) is 11.4 Å². The van der Waals surface area contributed by atoms with E-state index >= 15 is 0 Å². The van der Waals surface area contributed by atoms with E-state index in [1.807, 2.05) is 30.3 Å². The van der Waals surface area contributed by atoms with Crippen molar-refractivity contribution in [2.75, 3.05) is 18.5 Å². The van der Waals surface area contributed by atoms with Crippen LogP contribution in [0.5, 0.6) is 0 Å². The summed E-state index contributed by atoms with van der Waals surface area (Å²) in [6, 6.07) is 9.89. The van der Waals surface area contributed by atoms with Gasteiger partial charge < -0.3 is 4.90 Å². The average Bonchev–Trinajstić information content (AvgIpc) is 3.15. The van der Waals surface area contributed by atoms with Crippen molar-refractivity contribution in [2.24, 2.45) is 5.92 Å². The number of aromatic nitrogens is 1. The van der Waals surface area contributed by atoms with Gasteiger partial charge in [0.25, 0.3) is 0 Å². The van der Waals surface area contributed by atoms with Crippen molar-refractivity contribution in [3.63, 3.8) is 0 Å². The molecule has 0 saturated heterocycles. The number of hydrogen-bond donors (Lipinski definition) is 0. The number of benzene rings is 1. The lowest BCUT2D eigenvalue weighted by Crippen LogP contribution is -2.19. The first-order valence-electron chi connectivity index (χ1n) is 6.50. The van der Waals surface area contributed by atoms with Gasteiger partial charge in [0.1, 0.15) is 0 Å². The lowest BCUT2D eigenvalue weighted by Gasteiger charge is -2.14. The molecular weight excluding hydrogens is 256 g/mol. The van der Waals surface area contributed by atoms with Crippen LogP contribution in [0.4, 0.5) is 5.13 Å². The summed E-state index contributed by atoms with van der Waals surface area (Å²) in [5.74, 6) is 0.814. The van der Waals surface area contributed by atoms with E-state index in [-0.39, 0.29) is 0 Å². The van der Waals surface area contributed by atoms with E-state index in [2.05, 4.69) is 16.9 Å². The molecule has 0 atom stereocenters. The van der Waals surface area contributed by atoms with E-state index in [1.54, 1.807) is 0 Å². The Balaban J connectivity index is 1.91. The number of carbonyl (C=O) groups excluding carboxylic acids is 1. The highest BCUT2D eigenvalue weighted by molar-refractivity contribution is 7.17. The van der Waals surface area contributed by atoms with Crippen molar-refractivity contribution in [2.45, 2.75) is 12.8 Å². The van der Waals surface area contributed by atoms with Crippen LogP contribution in [-0.4, -0.2) is 24.9 Å². The minimum Gasteiger partial charge on any atom is -0.351 e. The highest BCUT2D eigenvalue weighted by Crippen LogP contribution is 2.35. The second-order valence-electron chi connectivity index (χ2n) is 5.02. The molecule has 0 radical (unpaired) electrons. The van der Waals surface area contributed by atoms with Crippen LogP contribution in [0.3, 0.4) is 0 Å². The average molecular weight is 272 g/mol. The van der Waals surface area contributed by atoms with E-state index < -0.39 is 0 Å². The van der Waals surface area contributed by atoms with Crippen molar-refractivity contribution in [1.29, 1.82) is 0 Å². The summed E-state index contributed by atoms with van der Waals surface area (Å²) in [5.41, 5.74) is 1.81. The number of rotatable bonds is 5. The molecule has 0 spiro atoms. The van der Waals surface area contributed by atoms with Crippen LogP contribution in [-0.2, 0) is 0 Å². The van der Waals surface area contributed by atoms with E-state index in [0.717, 1.165) is 35.1 Å². The predicted molar refractivity (Wildman–Crippen MR) is 78.9 cm³/mol. The molecule has 0 amide bonds. The molecule has 1 aliphatic rings. The Morgan fingerprint density at radius 3 is 2.74 bits per heavy atom. The quantitative estimate of drug-likeness (QED) is 0.781. The van der Waals surface area contributed by atoms with Gasteiger partial charge in [-0.3, -0.25) is 4.79 Å². The Morgan fingerprint density at radius 1 is 1.37 bits per heavy atom. The molecule has 2 aromatic rings. The van der Waals surface area contributed by atoms with Crippen LogP contribution in [0, 0.1) is 5.92 Å². The van der Waals surface area contributed by atoms with Gasteiger partial charge in [0, 0.05) is 19.2 Å². The third-order valence-corrected chi connectivity index (χ3v) is 4.45. The first-order valence-corrected chi connectivity index (χ1v) is 7.32. The Morgan fingerprint density at radius 2 is 2.11 bits per heavy atom. The Bertz CT molecular complexity index is 575. The minimum absolute atomic E-state index is 0.712. The minimum atomic E-state index is 0.712. The summed E-state index contributed by atoms with van der Waals surface area (Å²) in [6.07, 6.45) is 3.55. The van der Waals surface area contributed by atoms with Crippen LogP contribution in [0.15, 0.2) is 30.3 Å². The number of thiazole rings is 1. The molecule has 0 unspecified atom stereocenters. The summed E-state index contributed by atoms with van der Waals surface area (Å²) in [4.78, 5) is 18.7. The van der Waals surface area contributed by atoms with Gasteiger partial charge in [0.2, 0.25) is 0 Å². The Kier molecular flexibility index (Phi) is 3.34. The summed E-state index contributed by atoms with van der Waals surface area (Å²) < 4.78 is 0. The smallest absolute Gasteiger partial charge is 0.186 e. The van der Waals surface area contributed by atoms with Crippen molar-refractivity contribution in [1.82, 2.24) is 4.98 Å².